The maximum Gasteiger partial charge on any atom is 0.270 e. The molecule has 31 heavy (non-hydrogen) atoms. The zero-order valence-electron chi connectivity index (χ0n) is 17.5. The van der Waals surface area contributed by atoms with Crippen molar-refractivity contribution in [2.75, 3.05) is 18.8 Å². The Morgan fingerprint density at radius 1 is 1.03 bits per heavy atom. The van der Waals surface area contributed by atoms with E-state index < -0.39 is 0 Å². The van der Waals surface area contributed by atoms with Crippen molar-refractivity contribution < 1.29 is 9.59 Å². The summed E-state index contributed by atoms with van der Waals surface area (Å²) in [7, 11) is 0. The number of benzene rings is 1. The first-order chi connectivity index (χ1) is 15.2. The standard InChI is InChI=1S/C24H26N4O2S/c29-22(17-14-20(25-15-17)23(30)27-12-6-7-13-27)16-31-24-26-19-10-4-5-11-21(19)28(24)18-8-2-1-3-9-18/h1-3,8-9,14-15,25H,4-7,10-13,16H2. The molecule has 0 spiro atoms. The lowest BCUT2D eigenvalue weighted by atomic mass is 10.0. The molecule has 2 aromatic heterocycles. The molecule has 0 radical (unpaired) electrons. The summed E-state index contributed by atoms with van der Waals surface area (Å²) >= 11 is 1.47. The van der Waals surface area contributed by atoms with Gasteiger partial charge in [0.15, 0.2) is 10.9 Å². The lowest BCUT2D eigenvalue weighted by Crippen LogP contribution is -2.27. The van der Waals surface area contributed by atoms with E-state index in [0.29, 0.717) is 11.3 Å². The third-order valence-corrected chi connectivity index (χ3v) is 7.02. The van der Waals surface area contributed by atoms with Crippen molar-refractivity contribution in [3.8, 4) is 5.69 Å². The number of carbonyl (C=O) groups excluding carboxylic acids is 2. The maximum atomic E-state index is 12.9. The van der Waals surface area contributed by atoms with Crippen LogP contribution in [0.25, 0.3) is 5.69 Å². The van der Waals surface area contributed by atoms with Gasteiger partial charge in [-0.2, -0.15) is 0 Å². The second-order valence-electron chi connectivity index (χ2n) is 8.18. The van der Waals surface area contributed by atoms with Crippen molar-refractivity contribution in [3.63, 3.8) is 0 Å². The van der Waals surface area contributed by atoms with Crippen molar-refractivity contribution in [2.45, 2.75) is 43.7 Å². The minimum atomic E-state index is -0.0171. The number of carbonyl (C=O) groups is 2. The monoisotopic (exact) mass is 434 g/mol. The Bertz CT molecular complexity index is 1100. The van der Waals surface area contributed by atoms with E-state index >= 15 is 0 Å². The average Bonchev–Trinajstić information content (AvgIpc) is 3.57. The lowest BCUT2D eigenvalue weighted by molar-refractivity contribution is 0.0787. The van der Waals surface area contributed by atoms with Gasteiger partial charge in [-0.1, -0.05) is 30.0 Å². The molecule has 1 N–H and O–H groups in total. The van der Waals surface area contributed by atoms with Crippen molar-refractivity contribution >= 4 is 23.5 Å². The summed E-state index contributed by atoms with van der Waals surface area (Å²) < 4.78 is 2.21. The number of hydrogen-bond acceptors (Lipinski definition) is 4. The predicted octanol–water partition coefficient (Wildman–Crippen LogP) is 4.29. The molecule has 2 aliphatic rings. The summed E-state index contributed by atoms with van der Waals surface area (Å²) in [5.41, 5.74) is 4.57. The molecule has 160 valence electrons. The van der Waals surface area contributed by atoms with Crippen LogP contribution >= 0.6 is 11.8 Å². The number of nitrogens with one attached hydrogen (secondary N) is 1. The van der Waals surface area contributed by atoms with E-state index in [-0.39, 0.29) is 17.4 Å². The van der Waals surface area contributed by atoms with Crippen LogP contribution in [-0.4, -0.2) is 50.0 Å². The highest BCUT2D eigenvalue weighted by molar-refractivity contribution is 7.99. The number of hydrogen-bond donors (Lipinski definition) is 1. The normalized spacial score (nSPS) is 15.8. The zero-order chi connectivity index (χ0) is 21.2. The number of H-pyrrole nitrogens is 1. The highest BCUT2D eigenvalue weighted by atomic mass is 32.2. The summed E-state index contributed by atoms with van der Waals surface area (Å²) in [5.74, 6) is 0.275. The molecule has 5 rings (SSSR count). The van der Waals surface area contributed by atoms with Gasteiger partial charge < -0.3 is 9.88 Å². The second kappa shape index (κ2) is 8.75. The third kappa shape index (κ3) is 4.06. The van der Waals surface area contributed by atoms with Crippen LogP contribution in [0.2, 0.25) is 0 Å². The fourth-order valence-corrected chi connectivity index (χ4v) is 5.38. The summed E-state index contributed by atoms with van der Waals surface area (Å²) in [6.07, 6.45) is 8.10. The van der Waals surface area contributed by atoms with Crippen LogP contribution in [0.1, 0.15) is 57.9 Å². The Hall–Kier alpha value is -2.80. The van der Waals surface area contributed by atoms with E-state index in [9.17, 15) is 9.59 Å². The number of amides is 1. The van der Waals surface area contributed by atoms with Crippen molar-refractivity contribution in [1.82, 2.24) is 19.4 Å². The largest absolute Gasteiger partial charge is 0.356 e. The molecule has 1 saturated heterocycles. The molecule has 6 nitrogen and oxygen atoms in total. The van der Waals surface area contributed by atoms with E-state index in [2.05, 4.69) is 21.7 Å². The Balaban J connectivity index is 1.33. The van der Waals surface area contributed by atoms with Gasteiger partial charge in [0.1, 0.15) is 5.69 Å². The Kier molecular flexibility index (Phi) is 5.68. The summed E-state index contributed by atoms with van der Waals surface area (Å²) in [5, 5.41) is 0.871. The highest BCUT2D eigenvalue weighted by Crippen LogP contribution is 2.31. The number of aryl methyl sites for hydroxylation is 1. The van der Waals surface area contributed by atoms with E-state index in [0.717, 1.165) is 55.3 Å². The molecular formula is C24H26N4O2S. The highest BCUT2D eigenvalue weighted by Gasteiger charge is 2.24. The molecule has 1 amide bonds. The van der Waals surface area contributed by atoms with Crippen LogP contribution in [0, 0.1) is 0 Å². The van der Waals surface area contributed by atoms with Crippen LogP contribution in [0.3, 0.4) is 0 Å². The van der Waals surface area contributed by atoms with Crippen LogP contribution < -0.4 is 0 Å². The van der Waals surface area contributed by atoms with E-state index in [1.54, 1.807) is 12.3 Å². The molecule has 3 aromatic rings. The number of rotatable bonds is 6. The fraction of sp³-hybridized carbons (Fsp3) is 0.375. The third-order valence-electron chi connectivity index (χ3n) is 6.08. The van der Waals surface area contributed by atoms with Gasteiger partial charge in [-0.15, -0.1) is 0 Å². The summed E-state index contributed by atoms with van der Waals surface area (Å²) in [6.45, 7) is 1.59. The molecule has 1 fully saturated rings. The number of aromatic amines is 1. The minimum absolute atomic E-state index is 0.00213. The number of ketones is 1. The first-order valence-corrected chi connectivity index (χ1v) is 12.0. The molecule has 1 aliphatic heterocycles. The average molecular weight is 435 g/mol. The molecule has 0 bridgehead atoms. The van der Waals surface area contributed by atoms with Crippen molar-refractivity contribution in [1.29, 1.82) is 0 Å². The molecule has 7 heteroatoms. The predicted molar refractivity (Wildman–Crippen MR) is 121 cm³/mol. The zero-order valence-corrected chi connectivity index (χ0v) is 18.3. The molecule has 1 aromatic carbocycles. The Morgan fingerprint density at radius 3 is 2.61 bits per heavy atom. The second-order valence-corrected chi connectivity index (χ2v) is 9.12. The topological polar surface area (TPSA) is 71.0 Å². The number of nitrogens with zero attached hydrogens (tertiary/aromatic N) is 3. The van der Waals surface area contributed by atoms with Crippen LogP contribution in [0.15, 0.2) is 47.8 Å². The molecule has 3 heterocycles. The molecule has 1 aliphatic carbocycles. The first-order valence-electron chi connectivity index (χ1n) is 11.0. The summed E-state index contributed by atoms with van der Waals surface area (Å²) in [6, 6.07) is 11.9. The number of imidazole rings is 1. The van der Waals surface area contributed by atoms with Gasteiger partial charge in [0.25, 0.3) is 5.91 Å². The fourth-order valence-electron chi connectivity index (χ4n) is 4.44. The lowest BCUT2D eigenvalue weighted by Gasteiger charge is -2.15. The van der Waals surface area contributed by atoms with Crippen molar-refractivity contribution in [2.24, 2.45) is 0 Å². The van der Waals surface area contributed by atoms with Gasteiger partial charge in [0.05, 0.1) is 11.4 Å². The minimum Gasteiger partial charge on any atom is -0.356 e. The maximum absolute atomic E-state index is 12.9. The quantitative estimate of drug-likeness (QED) is 0.464. The summed E-state index contributed by atoms with van der Waals surface area (Å²) in [4.78, 5) is 35.1. The smallest absolute Gasteiger partial charge is 0.270 e. The number of thioether (sulfide) groups is 1. The number of likely N-dealkylation sites (tertiary alicyclic amines) is 1. The number of Topliss-reactive ketones (excluding diaryl/α,β-unsaturated/α-hetero) is 1. The van der Waals surface area contributed by atoms with Crippen molar-refractivity contribution in [3.05, 3.63) is 65.2 Å². The number of para-hydroxylation sites is 1. The molecule has 0 saturated carbocycles. The Labute approximate surface area is 186 Å². The van der Waals surface area contributed by atoms with E-state index in [4.69, 9.17) is 4.98 Å². The van der Waals surface area contributed by atoms with Gasteiger partial charge >= 0.3 is 0 Å². The van der Waals surface area contributed by atoms with E-state index in [1.165, 1.54) is 30.3 Å². The molecular weight excluding hydrogens is 408 g/mol. The Morgan fingerprint density at radius 2 is 1.81 bits per heavy atom. The van der Waals surface area contributed by atoms with Crippen LogP contribution in [0.4, 0.5) is 0 Å². The molecule has 0 atom stereocenters. The van der Waals surface area contributed by atoms with Gasteiger partial charge in [-0.25, -0.2) is 4.98 Å². The van der Waals surface area contributed by atoms with Crippen LogP contribution in [0.5, 0.6) is 0 Å². The van der Waals surface area contributed by atoms with Crippen LogP contribution in [-0.2, 0) is 12.8 Å². The first kappa shape index (κ1) is 20.1. The van der Waals surface area contributed by atoms with Gasteiger partial charge in [0.2, 0.25) is 0 Å². The number of aromatic nitrogens is 3. The van der Waals surface area contributed by atoms with Gasteiger partial charge in [-0.05, 0) is 56.7 Å². The van der Waals surface area contributed by atoms with Gasteiger partial charge in [0, 0.05) is 36.2 Å². The SMILES string of the molecule is O=C(CSc1nc2c(n1-c1ccccc1)CCCC2)c1c[nH]c(C(=O)N2CCCC2)c1. The van der Waals surface area contributed by atoms with Gasteiger partial charge in [-0.3, -0.25) is 14.2 Å². The number of fused-ring (bicyclic) bond motifs is 1. The molecule has 0 unspecified atom stereocenters. The van der Waals surface area contributed by atoms with E-state index in [1.807, 2.05) is 23.1 Å².